The second-order valence-corrected chi connectivity index (χ2v) is 20.2. The lowest BCUT2D eigenvalue weighted by Crippen LogP contribution is -2.47. The van der Waals surface area contributed by atoms with Crippen molar-refractivity contribution in [2.45, 2.75) is 105 Å². The summed E-state index contributed by atoms with van der Waals surface area (Å²) in [4.78, 5) is 54.3. The summed E-state index contributed by atoms with van der Waals surface area (Å²) >= 11 is 1.20. The molecule has 2 aromatic carbocycles. The average molecular weight is 976 g/mol. The molecule has 2 unspecified atom stereocenters. The topological polar surface area (TPSA) is 182 Å². The van der Waals surface area contributed by atoms with Crippen molar-refractivity contribution in [3.63, 3.8) is 0 Å². The first kappa shape index (κ1) is 57.7. The molecule has 380 valence electrons. The van der Waals surface area contributed by atoms with Crippen LogP contribution >= 0.6 is 11.8 Å². The van der Waals surface area contributed by atoms with Crippen molar-refractivity contribution in [1.29, 1.82) is 0 Å². The molecular formula is C50H75F2N5O10S. The van der Waals surface area contributed by atoms with Crippen molar-refractivity contribution >= 4 is 35.6 Å². The monoisotopic (exact) mass is 976 g/mol. The summed E-state index contributed by atoms with van der Waals surface area (Å²) < 4.78 is 64.5. The highest BCUT2D eigenvalue weighted by Crippen LogP contribution is 2.41. The van der Waals surface area contributed by atoms with Gasteiger partial charge in [-0.25, -0.2) is 18.4 Å². The summed E-state index contributed by atoms with van der Waals surface area (Å²) in [6.07, 6.45) is 1.78. The van der Waals surface area contributed by atoms with Gasteiger partial charge < -0.3 is 54.3 Å². The van der Waals surface area contributed by atoms with Crippen LogP contribution in [0, 0.1) is 17.0 Å². The van der Waals surface area contributed by atoms with Gasteiger partial charge in [-0.1, -0.05) is 51.1 Å². The minimum Gasteiger partial charge on any atom is -0.458 e. The summed E-state index contributed by atoms with van der Waals surface area (Å²) in [5.41, 5.74) is 6.37. The number of hydrogen-bond donors (Lipinski definition) is 3. The van der Waals surface area contributed by atoms with Crippen LogP contribution in [0.25, 0.3) is 11.1 Å². The van der Waals surface area contributed by atoms with Gasteiger partial charge in [0.1, 0.15) is 28.9 Å². The number of thioether (sulfide) groups is 1. The molecule has 68 heavy (non-hydrogen) atoms. The number of carbonyl (C=O) groups is 4. The van der Waals surface area contributed by atoms with Gasteiger partial charge in [0.15, 0.2) is 0 Å². The molecule has 3 amide bonds. The third-order valence-corrected chi connectivity index (χ3v) is 10.8. The number of esters is 1. The van der Waals surface area contributed by atoms with E-state index in [4.69, 9.17) is 34.2 Å². The van der Waals surface area contributed by atoms with Crippen molar-refractivity contribution in [3.8, 4) is 11.1 Å². The lowest BCUT2D eigenvalue weighted by molar-refractivity contribution is -0.158. The van der Waals surface area contributed by atoms with Crippen LogP contribution in [0.4, 0.5) is 13.6 Å². The maximum absolute atomic E-state index is 15.2. The number of hydrogen-bond acceptors (Lipinski definition) is 12. The van der Waals surface area contributed by atoms with Gasteiger partial charge in [-0.2, -0.15) is 0 Å². The fourth-order valence-electron chi connectivity index (χ4n) is 6.89. The second-order valence-electron chi connectivity index (χ2n) is 19.2. The van der Waals surface area contributed by atoms with Crippen LogP contribution in [0.15, 0.2) is 60.8 Å². The van der Waals surface area contributed by atoms with Gasteiger partial charge in [0.2, 0.25) is 11.8 Å². The zero-order chi connectivity index (χ0) is 50.3. The van der Waals surface area contributed by atoms with E-state index in [2.05, 4.69) is 10.6 Å². The Morgan fingerprint density at radius 2 is 1.38 bits per heavy atom. The minimum absolute atomic E-state index is 0.0242. The van der Waals surface area contributed by atoms with Gasteiger partial charge in [-0.15, -0.1) is 11.8 Å². The van der Waals surface area contributed by atoms with Crippen molar-refractivity contribution < 1.29 is 56.4 Å². The minimum atomic E-state index is -1.05. The summed E-state index contributed by atoms with van der Waals surface area (Å²) in [7, 11) is 0. The van der Waals surface area contributed by atoms with Gasteiger partial charge in [-0.05, 0) is 89.8 Å². The van der Waals surface area contributed by atoms with Crippen molar-refractivity contribution in [2.75, 3.05) is 84.0 Å². The standard InChI is InChI=1S/C50H75F2N5O10S/c1-48(2,3)45(42-30-37(39-31-38(51)16-17-40(39)52)33-56(42)32-36-14-11-10-12-15-36)57(21-13-19-53)44(59)35-68-34-41(46(60)66-49(4,5)6)55-43(58)18-22-62-24-26-64-28-29-65-27-25-63-23-20-54-47(61)67-50(7,8)9/h10-12,14-17,30-31,33,41,45H,13,18-29,32,34-35,53H2,1-9H3,(H,54,61)(H,55,58). The van der Waals surface area contributed by atoms with Crippen LogP contribution in [-0.4, -0.2) is 135 Å². The number of alkyl carbamates (subject to hydrolysis) is 1. The van der Waals surface area contributed by atoms with Crippen LogP contribution in [0.1, 0.15) is 92.5 Å². The van der Waals surface area contributed by atoms with Crippen LogP contribution < -0.4 is 16.4 Å². The van der Waals surface area contributed by atoms with E-state index in [9.17, 15) is 23.6 Å². The van der Waals surface area contributed by atoms with Crippen LogP contribution in [0.3, 0.4) is 0 Å². The van der Waals surface area contributed by atoms with E-state index in [0.717, 1.165) is 23.4 Å². The Bertz CT molecular complexity index is 2000. The predicted molar refractivity (Wildman–Crippen MR) is 260 cm³/mol. The first-order chi connectivity index (χ1) is 32.1. The Kier molecular flexibility index (Phi) is 24.4. The molecule has 15 nitrogen and oxygen atoms in total. The number of nitrogens with zero attached hydrogens (tertiary/aromatic N) is 2. The molecule has 0 fully saturated rings. The first-order valence-corrected chi connectivity index (χ1v) is 24.3. The zero-order valence-electron chi connectivity index (χ0n) is 41.5. The number of halogens is 2. The summed E-state index contributed by atoms with van der Waals surface area (Å²) in [6.45, 7) is 20.4. The Hall–Kier alpha value is -4.59. The number of rotatable bonds is 29. The molecular weight excluding hydrogens is 901 g/mol. The van der Waals surface area contributed by atoms with E-state index in [1.807, 2.05) is 61.7 Å². The average Bonchev–Trinajstić information content (AvgIpc) is 3.64. The Balaban J connectivity index is 1.57. The molecule has 0 saturated heterocycles. The second kappa shape index (κ2) is 28.8. The molecule has 0 spiro atoms. The number of nitrogens with two attached hydrogens (primary N) is 1. The van der Waals surface area contributed by atoms with E-state index >= 15 is 4.39 Å². The van der Waals surface area contributed by atoms with Gasteiger partial charge in [0.25, 0.3) is 0 Å². The maximum Gasteiger partial charge on any atom is 0.407 e. The third kappa shape index (κ3) is 22.2. The van der Waals surface area contributed by atoms with Gasteiger partial charge in [-0.3, -0.25) is 9.59 Å². The highest BCUT2D eigenvalue weighted by Gasteiger charge is 2.37. The Labute approximate surface area is 405 Å². The van der Waals surface area contributed by atoms with Crippen LogP contribution in [0.2, 0.25) is 0 Å². The smallest absolute Gasteiger partial charge is 0.407 e. The van der Waals surface area contributed by atoms with Gasteiger partial charge in [0.05, 0.1) is 64.6 Å². The van der Waals surface area contributed by atoms with Crippen molar-refractivity contribution in [1.82, 2.24) is 20.1 Å². The van der Waals surface area contributed by atoms with E-state index in [1.54, 1.807) is 52.6 Å². The number of ether oxygens (including phenoxy) is 6. The summed E-state index contributed by atoms with van der Waals surface area (Å²) in [5, 5.41) is 5.38. The van der Waals surface area contributed by atoms with Gasteiger partial charge >= 0.3 is 12.1 Å². The molecule has 2 atom stereocenters. The molecule has 3 rings (SSSR count). The summed E-state index contributed by atoms with van der Waals surface area (Å²) in [6, 6.07) is 13.3. The van der Waals surface area contributed by atoms with E-state index < -0.39 is 58.3 Å². The zero-order valence-corrected chi connectivity index (χ0v) is 42.3. The first-order valence-electron chi connectivity index (χ1n) is 23.1. The fraction of sp³-hybridized carbons (Fsp3) is 0.600. The van der Waals surface area contributed by atoms with Gasteiger partial charge in [0, 0.05) is 54.8 Å². The Morgan fingerprint density at radius 1 is 0.779 bits per heavy atom. The lowest BCUT2D eigenvalue weighted by Gasteiger charge is -2.41. The molecule has 0 aliphatic heterocycles. The molecule has 1 heterocycles. The maximum atomic E-state index is 15.2. The van der Waals surface area contributed by atoms with E-state index in [0.29, 0.717) is 71.2 Å². The number of nitrogens with one attached hydrogen (secondary N) is 2. The molecule has 4 N–H and O–H groups in total. The fourth-order valence-corrected chi connectivity index (χ4v) is 7.81. The SMILES string of the molecule is CC(C)(C)OC(=O)NCCOCCOCCOCCOCCC(=O)NC(CSCC(=O)N(CCCN)C(c1cc(-c2cc(F)ccc2F)cn1Cc1ccccc1)C(C)(C)C)C(=O)OC(C)(C)C. The molecule has 1 aromatic heterocycles. The quantitative estimate of drug-likeness (QED) is 0.0468. The van der Waals surface area contributed by atoms with E-state index in [-0.39, 0.29) is 49.2 Å². The molecule has 0 bridgehead atoms. The third-order valence-electron chi connectivity index (χ3n) is 9.74. The lowest BCUT2D eigenvalue weighted by atomic mass is 9.83. The van der Waals surface area contributed by atoms with E-state index in [1.165, 1.54) is 17.8 Å². The van der Waals surface area contributed by atoms with Crippen molar-refractivity contribution in [2.24, 2.45) is 11.1 Å². The molecule has 18 heteroatoms. The predicted octanol–water partition coefficient (Wildman–Crippen LogP) is 7.29. The number of amides is 3. The highest BCUT2D eigenvalue weighted by molar-refractivity contribution is 8.00. The number of carbonyl (C=O) groups excluding carboxylic acids is 4. The largest absolute Gasteiger partial charge is 0.458 e. The highest BCUT2D eigenvalue weighted by atomic mass is 32.2. The number of aromatic nitrogens is 1. The molecule has 3 aromatic rings. The Morgan fingerprint density at radius 3 is 1.97 bits per heavy atom. The normalized spacial score (nSPS) is 12.9. The van der Waals surface area contributed by atoms with Crippen LogP contribution in [-0.2, 0) is 49.3 Å². The molecule has 0 radical (unpaired) electrons. The number of benzene rings is 2. The van der Waals surface area contributed by atoms with Crippen molar-refractivity contribution in [3.05, 3.63) is 83.7 Å². The molecule has 0 aliphatic carbocycles. The summed E-state index contributed by atoms with van der Waals surface area (Å²) in [5.74, 6) is -2.39. The van der Waals surface area contributed by atoms with Crippen LogP contribution in [0.5, 0.6) is 0 Å². The molecule has 0 saturated carbocycles. The molecule has 0 aliphatic rings.